The van der Waals surface area contributed by atoms with Crippen LogP contribution in [0.25, 0.3) is 0 Å². The molecule has 0 spiro atoms. The minimum absolute atomic E-state index is 0.0403. The van der Waals surface area contributed by atoms with Gasteiger partial charge in [-0.2, -0.15) is 0 Å². The van der Waals surface area contributed by atoms with Gasteiger partial charge in [0.2, 0.25) is 0 Å². The number of esters is 1. The molecule has 0 saturated carbocycles. The Bertz CT molecular complexity index is 711. The standard InChI is InChI=1S/C14H12INO4S/c1-7-6-21-12(14(19)20-2)11(7)16-13(18)8-3-4-9(15)10(17)5-8/h3-6,17H,1-2H3,(H,16,18). The molecule has 0 atom stereocenters. The number of phenols is 1. The smallest absolute Gasteiger partial charge is 0.350 e. The van der Waals surface area contributed by atoms with E-state index in [0.29, 0.717) is 19.7 Å². The first-order chi connectivity index (χ1) is 9.93. The predicted molar refractivity (Wildman–Crippen MR) is 89.2 cm³/mol. The molecule has 1 aromatic carbocycles. The van der Waals surface area contributed by atoms with Gasteiger partial charge in [0.05, 0.1) is 16.4 Å². The molecule has 0 fully saturated rings. The van der Waals surface area contributed by atoms with Crippen LogP contribution in [0.5, 0.6) is 5.75 Å². The monoisotopic (exact) mass is 417 g/mol. The maximum absolute atomic E-state index is 12.2. The molecule has 1 aromatic heterocycles. The Morgan fingerprint density at radius 3 is 2.71 bits per heavy atom. The molecular formula is C14H12INO4S. The van der Waals surface area contributed by atoms with E-state index in [4.69, 9.17) is 4.74 Å². The molecule has 2 rings (SSSR count). The lowest BCUT2D eigenvalue weighted by Gasteiger charge is -2.08. The summed E-state index contributed by atoms with van der Waals surface area (Å²) in [6.45, 7) is 1.80. The first-order valence-corrected chi connectivity index (χ1v) is 7.86. The van der Waals surface area contributed by atoms with Crippen molar-refractivity contribution in [3.05, 3.63) is 43.2 Å². The molecule has 1 heterocycles. The molecule has 110 valence electrons. The van der Waals surface area contributed by atoms with Crippen LogP contribution in [0.2, 0.25) is 0 Å². The summed E-state index contributed by atoms with van der Waals surface area (Å²) in [7, 11) is 1.29. The van der Waals surface area contributed by atoms with Crippen molar-refractivity contribution in [2.45, 2.75) is 6.92 Å². The second-order valence-corrected chi connectivity index (χ2v) is 6.28. The quantitative estimate of drug-likeness (QED) is 0.593. The Hall–Kier alpha value is -1.61. The second-order valence-electron chi connectivity index (χ2n) is 4.23. The second kappa shape index (κ2) is 6.44. The number of anilines is 1. The molecule has 0 aliphatic carbocycles. The molecule has 0 unspecified atom stereocenters. The average molecular weight is 417 g/mol. The summed E-state index contributed by atoms with van der Waals surface area (Å²) in [4.78, 5) is 24.2. The lowest BCUT2D eigenvalue weighted by Crippen LogP contribution is -2.14. The summed E-state index contributed by atoms with van der Waals surface area (Å²) < 4.78 is 5.35. The summed E-state index contributed by atoms with van der Waals surface area (Å²) >= 11 is 3.18. The summed E-state index contributed by atoms with van der Waals surface area (Å²) in [6, 6.07) is 4.64. The van der Waals surface area contributed by atoms with Gasteiger partial charge in [-0.25, -0.2) is 4.79 Å². The van der Waals surface area contributed by atoms with Crippen molar-refractivity contribution < 1.29 is 19.4 Å². The minimum Gasteiger partial charge on any atom is -0.507 e. The highest BCUT2D eigenvalue weighted by Gasteiger charge is 2.19. The minimum atomic E-state index is -0.492. The van der Waals surface area contributed by atoms with Crippen LogP contribution in [0.1, 0.15) is 25.6 Å². The maximum atomic E-state index is 12.2. The third kappa shape index (κ3) is 3.35. The van der Waals surface area contributed by atoms with Gasteiger partial charge in [0.25, 0.3) is 5.91 Å². The van der Waals surface area contributed by atoms with Crippen LogP contribution >= 0.6 is 33.9 Å². The Morgan fingerprint density at radius 1 is 1.38 bits per heavy atom. The number of carbonyl (C=O) groups is 2. The molecule has 0 bridgehead atoms. The third-order valence-corrected chi connectivity index (χ3v) is 4.78. The van der Waals surface area contributed by atoms with Crippen molar-refractivity contribution in [3.8, 4) is 5.75 Å². The van der Waals surface area contributed by atoms with Crippen molar-refractivity contribution >= 4 is 51.5 Å². The number of benzene rings is 1. The Morgan fingerprint density at radius 2 is 2.10 bits per heavy atom. The van der Waals surface area contributed by atoms with Gasteiger partial charge in [-0.15, -0.1) is 11.3 Å². The predicted octanol–water partition coefficient (Wildman–Crippen LogP) is 3.41. The number of amides is 1. The van der Waals surface area contributed by atoms with E-state index in [1.165, 1.54) is 24.5 Å². The van der Waals surface area contributed by atoms with E-state index >= 15 is 0 Å². The van der Waals surface area contributed by atoms with E-state index in [0.717, 1.165) is 5.56 Å². The van der Waals surface area contributed by atoms with Crippen LogP contribution in [0, 0.1) is 10.5 Å². The number of phenolic OH excluding ortho intramolecular Hbond substituents is 1. The molecule has 0 aliphatic rings. The van der Waals surface area contributed by atoms with Crippen LogP contribution < -0.4 is 5.32 Å². The van der Waals surface area contributed by atoms with E-state index in [2.05, 4.69) is 5.32 Å². The van der Waals surface area contributed by atoms with Crippen LogP contribution in [0.15, 0.2) is 23.6 Å². The number of hydrogen-bond donors (Lipinski definition) is 2. The van der Waals surface area contributed by atoms with Crippen LogP contribution in [0.3, 0.4) is 0 Å². The zero-order valence-corrected chi connectivity index (χ0v) is 14.2. The van der Waals surface area contributed by atoms with E-state index in [1.807, 2.05) is 22.6 Å². The molecule has 2 N–H and O–H groups in total. The van der Waals surface area contributed by atoms with Gasteiger partial charge < -0.3 is 15.2 Å². The van der Waals surface area contributed by atoms with E-state index in [-0.39, 0.29) is 5.75 Å². The fraction of sp³-hybridized carbons (Fsp3) is 0.143. The third-order valence-electron chi connectivity index (χ3n) is 2.79. The zero-order valence-electron chi connectivity index (χ0n) is 11.3. The summed E-state index contributed by atoms with van der Waals surface area (Å²) in [5.74, 6) is -0.847. The van der Waals surface area contributed by atoms with Crippen LogP contribution in [-0.2, 0) is 4.74 Å². The van der Waals surface area contributed by atoms with Gasteiger partial charge in [0.15, 0.2) is 0 Å². The van der Waals surface area contributed by atoms with Crippen LogP contribution in [0.4, 0.5) is 5.69 Å². The van der Waals surface area contributed by atoms with Gasteiger partial charge in [-0.05, 0) is 58.7 Å². The van der Waals surface area contributed by atoms with Crippen molar-refractivity contribution in [2.75, 3.05) is 12.4 Å². The maximum Gasteiger partial charge on any atom is 0.350 e. The molecular weight excluding hydrogens is 405 g/mol. The van der Waals surface area contributed by atoms with E-state index in [1.54, 1.807) is 24.4 Å². The molecule has 0 saturated heterocycles. The number of halogens is 1. The van der Waals surface area contributed by atoms with Gasteiger partial charge in [0, 0.05) is 5.56 Å². The summed E-state index contributed by atoms with van der Waals surface area (Å²) in [6.07, 6.45) is 0. The number of nitrogens with one attached hydrogen (secondary N) is 1. The molecule has 2 aromatic rings. The summed E-state index contributed by atoms with van der Waals surface area (Å²) in [5.41, 5.74) is 1.53. The zero-order chi connectivity index (χ0) is 15.6. The van der Waals surface area contributed by atoms with Gasteiger partial charge in [-0.3, -0.25) is 4.79 Å². The Labute approximate surface area is 139 Å². The number of ether oxygens (including phenoxy) is 1. The Kier molecular flexibility index (Phi) is 4.84. The normalized spacial score (nSPS) is 10.2. The number of thiophene rings is 1. The SMILES string of the molecule is COC(=O)c1scc(C)c1NC(=O)c1ccc(I)c(O)c1. The highest BCUT2D eigenvalue weighted by molar-refractivity contribution is 14.1. The van der Waals surface area contributed by atoms with E-state index < -0.39 is 11.9 Å². The number of aromatic hydroxyl groups is 1. The van der Waals surface area contributed by atoms with Crippen LogP contribution in [-0.4, -0.2) is 24.1 Å². The lowest BCUT2D eigenvalue weighted by atomic mass is 10.2. The van der Waals surface area contributed by atoms with Crippen molar-refractivity contribution in [2.24, 2.45) is 0 Å². The highest BCUT2D eigenvalue weighted by Crippen LogP contribution is 2.29. The largest absolute Gasteiger partial charge is 0.507 e. The van der Waals surface area contributed by atoms with Gasteiger partial charge in [-0.1, -0.05) is 0 Å². The molecule has 7 heteroatoms. The lowest BCUT2D eigenvalue weighted by molar-refractivity contribution is 0.0607. The number of methoxy groups -OCH3 is 1. The van der Waals surface area contributed by atoms with Gasteiger partial charge in [0.1, 0.15) is 10.6 Å². The van der Waals surface area contributed by atoms with Gasteiger partial charge >= 0.3 is 5.97 Å². The molecule has 21 heavy (non-hydrogen) atoms. The molecule has 1 amide bonds. The van der Waals surface area contributed by atoms with Crippen molar-refractivity contribution in [1.82, 2.24) is 0 Å². The Balaban J connectivity index is 2.29. The molecule has 0 aliphatic heterocycles. The average Bonchev–Trinajstić information content (AvgIpc) is 2.82. The number of rotatable bonds is 3. The van der Waals surface area contributed by atoms with Crippen molar-refractivity contribution in [3.63, 3.8) is 0 Å². The molecule has 0 radical (unpaired) electrons. The van der Waals surface area contributed by atoms with E-state index in [9.17, 15) is 14.7 Å². The fourth-order valence-corrected chi connectivity index (χ4v) is 2.94. The number of aryl methyl sites for hydroxylation is 1. The molecule has 5 nitrogen and oxygen atoms in total. The highest BCUT2D eigenvalue weighted by atomic mass is 127. The fourth-order valence-electron chi connectivity index (χ4n) is 1.68. The first-order valence-electron chi connectivity index (χ1n) is 5.90. The topological polar surface area (TPSA) is 75.6 Å². The number of hydrogen-bond acceptors (Lipinski definition) is 5. The summed E-state index contributed by atoms with van der Waals surface area (Å²) in [5, 5.41) is 14.1. The van der Waals surface area contributed by atoms with Crippen molar-refractivity contribution in [1.29, 1.82) is 0 Å². The first kappa shape index (κ1) is 15.8. The number of carbonyl (C=O) groups excluding carboxylic acids is 2.